The van der Waals surface area contributed by atoms with Gasteiger partial charge in [0, 0.05) is 38.2 Å². The lowest BCUT2D eigenvalue weighted by atomic mass is 10.2. The van der Waals surface area contributed by atoms with Gasteiger partial charge in [0.15, 0.2) is 0 Å². The molecule has 2 N–H and O–H groups in total. The fourth-order valence-corrected chi connectivity index (χ4v) is 2.38. The van der Waals surface area contributed by atoms with Gasteiger partial charge in [0.2, 0.25) is 0 Å². The topological polar surface area (TPSA) is 89.0 Å². The molecular weight excluding hydrogens is 294 g/mol. The number of hydrogen-bond acceptors (Lipinski definition) is 6. The van der Waals surface area contributed by atoms with Crippen LogP contribution in [0.3, 0.4) is 0 Å². The second kappa shape index (κ2) is 7.64. The van der Waals surface area contributed by atoms with Crippen LogP contribution >= 0.6 is 0 Å². The third-order valence-corrected chi connectivity index (χ3v) is 3.61. The summed E-state index contributed by atoms with van der Waals surface area (Å²) in [6.07, 6.45) is 7.16. The van der Waals surface area contributed by atoms with Gasteiger partial charge in [-0.1, -0.05) is 6.07 Å². The first-order valence-corrected chi connectivity index (χ1v) is 7.66. The number of pyridine rings is 1. The minimum Gasteiger partial charge on any atom is -0.376 e. The zero-order chi connectivity index (χ0) is 15.9. The summed E-state index contributed by atoms with van der Waals surface area (Å²) in [6, 6.07) is 5.38. The number of ether oxygens (including phenoxy) is 1. The number of nitrogens with one attached hydrogen (secondary N) is 2. The van der Waals surface area contributed by atoms with Crippen LogP contribution in [-0.2, 0) is 11.3 Å². The highest BCUT2D eigenvalue weighted by Crippen LogP contribution is 2.13. The minimum atomic E-state index is -0.239. The molecule has 3 rings (SSSR count). The number of rotatable bonds is 6. The third kappa shape index (κ3) is 4.46. The summed E-state index contributed by atoms with van der Waals surface area (Å²) < 4.78 is 5.55. The van der Waals surface area contributed by atoms with E-state index in [0.29, 0.717) is 24.6 Å². The largest absolute Gasteiger partial charge is 0.376 e. The smallest absolute Gasteiger partial charge is 0.270 e. The van der Waals surface area contributed by atoms with Gasteiger partial charge in [0.05, 0.1) is 6.10 Å². The van der Waals surface area contributed by atoms with E-state index in [1.54, 1.807) is 18.5 Å². The minimum absolute atomic E-state index is 0.216. The molecular formula is C16H19N5O2. The summed E-state index contributed by atoms with van der Waals surface area (Å²) in [7, 11) is 0. The van der Waals surface area contributed by atoms with Crippen LogP contribution in [0.2, 0.25) is 0 Å². The Bertz CT molecular complexity index is 644. The van der Waals surface area contributed by atoms with Gasteiger partial charge in [0.25, 0.3) is 5.91 Å². The summed E-state index contributed by atoms with van der Waals surface area (Å²) in [6.45, 7) is 1.92. The molecule has 1 atom stereocenters. The lowest BCUT2D eigenvalue weighted by Gasteiger charge is -2.11. The molecule has 1 unspecified atom stereocenters. The van der Waals surface area contributed by atoms with Crippen molar-refractivity contribution in [3.63, 3.8) is 0 Å². The van der Waals surface area contributed by atoms with E-state index in [0.717, 1.165) is 25.0 Å². The Kier molecular flexibility index (Phi) is 5.10. The number of carbonyl (C=O) groups excluding carboxylic acids is 1. The number of nitrogens with zero attached hydrogens (tertiary/aromatic N) is 3. The van der Waals surface area contributed by atoms with Crippen molar-refractivity contribution in [3.05, 3.63) is 48.2 Å². The van der Waals surface area contributed by atoms with Crippen molar-refractivity contribution in [2.24, 2.45) is 0 Å². The Morgan fingerprint density at radius 3 is 3.13 bits per heavy atom. The van der Waals surface area contributed by atoms with E-state index in [1.807, 2.05) is 12.1 Å². The monoisotopic (exact) mass is 313 g/mol. The summed E-state index contributed by atoms with van der Waals surface area (Å²) in [5, 5.41) is 6.01. The number of amides is 1. The molecule has 1 saturated heterocycles. The van der Waals surface area contributed by atoms with Crippen molar-refractivity contribution in [1.29, 1.82) is 0 Å². The molecule has 1 aliphatic rings. The maximum absolute atomic E-state index is 12.2. The van der Waals surface area contributed by atoms with Gasteiger partial charge in [-0.2, -0.15) is 0 Å². The van der Waals surface area contributed by atoms with E-state index < -0.39 is 0 Å². The van der Waals surface area contributed by atoms with Crippen LogP contribution in [-0.4, -0.2) is 40.1 Å². The van der Waals surface area contributed by atoms with Crippen molar-refractivity contribution in [1.82, 2.24) is 20.3 Å². The number of hydrogen-bond donors (Lipinski definition) is 2. The Morgan fingerprint density at radius 1 is 1.39 bits per heavy atom. The lowest BCUT2D eigenvalue weighted by Crippen LogP contribution is -2.24. The van der Waals surface area contributed by atoms with Crippen LogP contribution in [0.25, 0.3) is 0 Å². The number of aromatic nitrogens is 3. The molecule has 2 aromatic heterocycles. The Hall–Kier alpha value is -2.54. The predicted molar refractivity (Wildman–Crippen MR) is 84.9 cm³/mol. The fraction of sp³-hybridized carbons (Fsp3) is 0.375. The summed E-state index contributed by atoms with van der Waals surface area (Å²) in [5.74, 6) is 0.387. The van der Waals surface area contributed by atoms with Gasteiger partial charge < -0.3 is 15.4 Å². The molecule has 7 nitrogen and oxygen atoms in total. The summed E-state index contributed by atoms with van der Waals surface area (Å²) in [5.41, 5.74) is 1.27. The maximum atomic E-state index is 12.2. The summed E-state index contributed by atoms with van der Waals surface area (Å²) >= 11 is 0. The molecule has 23 heavy (non-hydrogen) atoms. The van der Waals surface area contributed by atoms with E-state index in [4.69, 9.17) is 4.74 Å². The van der Waals surface area contributed by atoms with Crippen molar-refractivity contribution in [2.75, 3.05) is 18.5 Å². The molecule has 0 bridgehead atoms. The van der Waals surface area contributed by atoms with Gasteiger partial charge >= 0.3 is 0 Å². The van der Waals surface area contributed by atoms with Crippen LogP contribution in [0, 0.1) is 0 Å². The first-order valence-electron chi connectivity index (χ1n) is 7.66. The maximum Gasteiger partial charge on any atom is 0.270 e. The Balaban J connectivity index is 1.54. The molecule has 1 amide bonds. The number of anilines is 1. The average molecular weight is 313 g/mol. The number of carbonyl (C=O) groups is 1. The Labute approximate surface area is 134 Å². The third-order valence-electron chi connectivity index (χ3n) is 3.61. The second-order valence-electron chi connectivity index (χ2n) is 5.35. The molecule has 7 heteroatoms. The van der Waals surface area contributed by atoms with Gasteiger partial charge in [0.1, 0.15) is 17.8 Å². The molecule has 2 aromatic rings. The molecule has 0 aromatic carbocycles. The molecule has 3 heterocycles. The molecule has 0 radical (unpaired) electrons. The highest BCUT2D eigenvalue weighted by atomic mass is 16.5. The normalized spacial score (nSPS) is 17.0. The predicted octanol–water partition coefficient (Wildman–Crippen LogP) is 1.39. The van der Waals surface area contributed by atoms with Crippen molar-refractivity contribution < 1.29 is 9.53 Å². The molecule has 0 spiro atoms. The SMILES string of the molecule is O=C(NCc1cccnc1)c1cc(NCC2CCCO2)ncn1. The summed E-state index contributed by atoms with van der Waals surface area (Å²) in [4.78, 5) is 24.3. The van der Waals surface area contributed by atoms with Crippen molar-refractivity contribution in [2.45, 2.75) is 25.5 Å². The first-order chi connectivity index (χ1) is 11.3. The van der Waals surface area contributed by atoms with Crippen molar-refractivity contribution >= 4 is 11.7 Å². The van der Waals surface area contributed by atoms with E-state index in [2.05, 4.69) is 25.6 Å². The molecule has 0 saturated carbocycles. The highest BCUT2D eigenvalue weighted by molar-refractivity contribution is 5.92. The zero-order valence-electron chi connectivity index (χ0n) is 12.7. The van der Waals surface area contributed by atoms with E-state index in [9.17, 15) is 4.79 Å². The van der Waals surface area contributed by atoms with E-state index in [1.165, 1.54) is 6.33 Å². The zero-order valence-corrected chi connectivity index (χ0v) is 12.7. The van der Waals surface area contributed by atoms with Gasteiger partial charge in [-0.3, -0.25) is 9.78 Å². The van der Waals surface area contributed by atoms with Crippen LogP contribution in [0.15, 0.2) is 36.9 Å². The highest BCUT2D eigenvalue weighted by Gasteiger charge is 2.15. The molecule has 0 aliphatic carbocycles. The van der Waals surface area contributed by atoms with Crippen LogP contribution in [0.4, 0.5) is 5.82 Å². The van der Waals surface area contributed by atoms with E-state index in [-0.39, 0.29) is 12.0 Å². The van der Waals surface area contributed by atoms with Crippen LogP contribution in [0.5, 0.6) is 0 Å². The molecule has 1 fully saturated rings. The first kappa shape index (κ1) is 15.4. The van der Waals surface area contributed by atoms with Crippen molar-refractivity contribution in [3.8, 4) is 0 Å². The quantitative estimate of drug-likeness (QED) is 0.838. The Morgan fingerprint density at radius 2 is 2.35 bits per heavy atom. The van der Waals surface area contributed by atoms with Crippen LogP contribution < -0.4 is 10.6 Å². The standard InChI is InChI=1S/C16H19N5O2/c22-16(19-9-12-3-1-5-17-8-12)14-7-15(21-11-20-14)18-10-13-4-2-6-23-13/h1,3,5,7-8,11,13H,2,4,6,9-10H2,(H,19,22)(H,18,20,21). The molecule has 120 valence electrons. The fourth-order valence-electron chi connectivity index (χ4n) is 2.38. The van der Waals surface area contributed by atoms with E-state index >= 15 is 0 Å². The average Bonchev–Trinajstić information content (AvgIpc) is 3.12. The van der Waals surface area contributed by atoms with Crippen LogP contribution in [0.1, 0.15) is 28.9 Å². The van der Waals surface area contributed by atoms with Gasteiger partial charge in [-0.05, 0) is 24.5 Å². The second-order valence-corrected chi connectivity index (χ2v) is 5.35. The van der Waals surface area contributed by atoms with Gasteiger partial charge in [-0.25, -0.2) is 9.97 Å². The molecule has 1 aliphatic heterocycles. The van der Waals surface area contributed by atoms with Gasteiger partial charge in [-0.15, -0.1) is 0 Å². The lowest BCUT2D eigenvalue weighted by molar-refractivity contribution is 0.0946.